The van der Waals surface area contributed by atoms with Gasteiger partial charge in [-0.05, 0) is 54.1 Å². The molecule has 1 aliphatic heterocycles. The predicted octanol–water partition coefficient (Wildman–Crippen LogP) is 4.89. The van der Waals surface area contributed by atoms with E-state index in [1.807, 2.05) is 36.4 Å². The molecule has 0 aliphatic carbocycles. The fraction of sp³-hybridized carbons (Fsp3) is 0.148. The Bertz CT molecular complexity index is 1460. The van der Waals surface area contributed by atoms with Gasteiger partial charge in [0.1, 0.15) is 17.3 Å². The maximum absolute atomic E-state index is 12.8. The second-order valence-electron chi connectivity index (χ2n) is 8.12. The maximum atomic E-state index is 12.8. The predicted molar refractivity (Wildman–Crippen MR) is 135 cm³/mol. The molecule has 0 radical (unpaired) electrons. The summed E-state index contributed by atoms with van der Waals surface area (Å²) in [6.45, 7) is 0. The third kappa shape index (κ3) is 4.51. The van der Waals surface area contributed by atoms with Crippen LogP contribution < -0.4 is 10.1 Å². The van der Waals surface area contributed by atoms with Gasteiger partial charge in [0.15, 0.2) is 6.23 Å². The van der Waals surface area contributed by atoms with Crippen LogP contribution in [0.1, 0.15) is 21.8 Å². The summed E-state index contributed by atoms with van der Waals surface area (Å²) in [5, 5.41) is 13.4. The van der Waals surface area contributed by atoms with Gasteiger partial charge in [0.25, 0.3) is 5.91 Å². The summed E-state index contributed by atoms with van der Waals surface area (Å²) in [5.74, 6) is 0.915. The highest BCUT2D eigenvalue weighted by atomic mass is 16.5. The van der Waals surface area contributed by atoms with Crippen molar-refractivity contribution in [1.29, 1.82) is 0 Å². The number of imidazole rings is 1. The van der Waals surface area contributed by atoms with E-state index in [4.69, 9.17) is 9.47 Å². The van der Waals surface area contributed by atoms with Gasteiger partial charge in [0.2, 0.25) is 0 Å². The number of allylic oxidation sites excluding steroid dienone is 1. The van der Waals surface area contributed by atoms with Gasteiger partial charge in [0, 0.05) is 36.6 Å². The quantitative estimate of drug-likeness (QED) is 0.373. The number of methoxy groups -OCH3 is 2. The largest absolute Gasteiger partial charge is 0.507 e. The topological polar surface area (TPSA) is 109 Å². The molecular formula is C27H24N4O4. The molecule has 176 valence electrons. The van der Waals surface area contributed by atoms with Crippen LogP contribution in [0, 0.1) is 0 Å². The van der Waals surface area contributed by atoms with Crippen LogP contribution >= 0.6 is 0 Å². The molecule has 3 N–H and O–H groups in total. The molecule has 0 spiro atoms. The van der Waals surface area contributed by atoms with Crippen LogP contribution in [0.4, 0.5) is 5.69 Å². The molecule has 0 bridgehead atoms. The Hall–Kier alpha value is -4.43. The number of aliphatic imine (C=N–C) groups is 1. The van der Waals surface area contributed by atoms with Crippen molar-refractivity contribution in [3.8, 4) is 22.9 Å². The average molecular weight is 469 g/mol. The first-order valence-electron chi connectivity index (χ1n) is 11.1. The molecule has 1 amide bonds. The van der Waals surface area contributed by atoms with E-state index in [1.54, 1.807) is 56.8 Å². The lowest BCUT2D eigenvalue weighted by atomic mass is 9.93. The lowest BCUT2D eigenvalue weighted by Crippen LogP contribution is -2.19. The Morgan fingerprint density at radius 1 is 1.09 bits per heavy atom. The first kappa shape index (κ1) is 22.4. The standard InChI is InChI=1S/C27H24N4O4/c1-34-19-6-3-5-18(15-19)29-26(33)17-8-10-22-23(14-17)31-25(30-22)21-13-16(9-11-24(21)32)20-7-4-12-28-27(20)35-2/h3-15,20,27,32H,1-2H3,(H,29,33)(H,30,31). The Labute approximate surface area is 202 Å². The number of fused-ring (bicyclic) bond motifs is 1. The first-order valence-corrected chi connectivity index (χ1v) is 11.1. The second kappa shape index (κ2) is 9.44. The molecule has 1 aliphatic rings. The molecule has 0 saturated carbocycles. The minimum Gasteiger partial charge on any atom is -0.507 e. The van der Waals surface area contributed by atoms with Gasteiger partial charge in [-0.25, -0.2) is 4.98 Å². The van der Waals surface area contributed by atoms with Crippen LogP contribution in [0.3, 0.4) is 0 Å². The molecular weight excluding hydrogens is 444 g/mol. The summed E-state index contributed by atoms with van der Waals surface area (Å²) in [7, 11) is 3.20. The van der Waals surface area contributed by atoms with Crippen LogP contribution in [0.25, 0.3) is 22.4 Å². The van der Waals surface area contributed by atoms with Crippen molar-refractivity contribution in [3.05, 3.63) is 83.9 Å². The van der Waals surface area contributed by atoms with Crippen LogP contribution in [0.5, 0.6) is 11.5 Å². The highest BCUT2D eigenvalue weighted by Gasteiger charge is 2.23. The molecule has 8 heteroatoms. The van der Waals surface area contributed by atoms with Gasteiger partial charge in [0.05, 0.1) is 23.7 Å². The number of nitrogens with one attached hydrogen (secondary N) is 2. The monoisotopic (exact) mass is 468 g/mol. The minimum absolute atomic E-state index is 0.0827. The van der Waals surface area contributed by atoms with Crippen molar-refractivity contribution < 1.29 is 19.4 Å². The molecule has 4 aromatic rings. The molecule has 35 heavy (non-hydrogen) atoms. The fourth-order valence-corrected chi connectivity index (χ4v) is 4.10. The van der Waals surface area contributed by atoms with E-state index in [1.165, 1.54) is 0 Å². The number of carbonyl (C=O) groups excluding carboxylic acids is 1. The number of hydrogen-bond acceptors (Lipinski definition) is 6. The number of carbonyl (C=O) groups is 1. The second-order valence-corrected chi connectivity index (χ2v) is 8.12. The number of aromatic nitrogens is 2. The van der Waals surface area contributed by atoms with E-state index in [0.717, 1.165) is 11.1 Å². The molecule has 0 fully saturated rings. The Balaban J connectivity index is 1.44. The zero-order chi connectivity index (χ0) is 24.4. The molecule has 2 atom stereocenters. The van der Waals surface area contributed by atoms with Crippen molar-refractivity contribution in [2.24, 2.45) is 4.99 Å². The third-order valence-corrected chi connectivity index (χ3v) is 5.92. The van der Waals surface area contributed by atoms with E-state index < -0.39 is 0 Å². The number of nitrogens with zero attached hydrogens (tertiary/aromatic N) is 2. The number of amides is 1. The summed E-state index contributed by atoms with van der Waals surface area (Å²) >= 11 is 0. The van der Waals surface area contributed by atoms with E-state index in [2.05, 4.69) is 20.3 Å². The number of ether oxygens (including phenoxy) is 2. The van der Waals surface area contributed by atoms with Gasteiger partial charge in [-0.1, -0.05) is 18.2 Å². The smallest absolute Gasteiger partial charge is 0.255 e. The lowest BCUT2D eigenvalue weighted by molar-refractivity contribution is 0.0980. The van der Waals surface area contributed by atoms with Crippen LogP contribution in [-0.2, 0) is 4.74 Å². The van der Waals surface area contributed by atoms with Gasteiger partial charge >= 0.3 is 0 Å². The number of hydrogen-bond donors (Lipinski definition) is 3. The van der Waals surface area contributed by atoms with Crippen LogP contribution in [0.15, 0.2) is 77.8 Å². The number of dihydropyridines is 1. The average Bonchev–Trinajstić information content (AvgIpc) is 3.32. The van der Waals surface area contributed by atoms with E-state index in [9.17, 15) is 9.90 Å². The number of phenolic OH excluding ortho intramolecular Hbond substituents is 1. The van der Waals surface area contributed by atoms with Gasteiger partial charge in [-0.15, -0.1) is 0 Å². The van der Waals surface area contributed by atoms with Crippen LogP contribution in [0.2, 0.25) is 0 Å². The molecule has 2 unspecified atom stereocenters. The van der Waals surface area contributed by atoms with Crippen molar-refractivity contribution >= 4 is 28.8 Å². The number of aromatic amines is 1. The number of benzene rings is 3. The summed E-state index contributed by atoms with van der Waals surface area (Å²) in [6.07, 6.45) is 5.28. The fourth-order valence-electron chi connectivity index (χ4n) is 4.10. The Morgan fingerprint density at radius 2 is 1.97 bits per heavy atom. The van der Waals surface area contributed by atoms with Gasteiger partial charge in [-0.3, -0.25) is 9.79 Å². The number of phenols is 1. The third-order valence-electron chi connectivity index (χ3n) is 5.92. The SMILES string of the molecule is COc1cccc(NC(=O)c2ccc3[nH]c(-c4cc(C5C=CC=NC5OC)ccc4O)nc3c2)c1. The molecule has 8 nitrogen and oxygen atoms in total. The normalized spacial score (nSPS) is 17.0. The Morgan fingerprint density at radius 3 is 2.80 bits per heavy atom. The number of anilines is 1. The highest BCUT2D eigenvalue weighted by molar-refractivity contribution is 6.06. The summed E-state index contributed by atoms with van der Waals surface area (Å²) < 4.78 is 10.7. The molecule has 3 aromatic carbocycles. The minimum atomic E-state index is -0.335. The Kier molecular flexibility index (Phi) is 6.03. The first-order chi connectivity index (χ1) is 17.1. The molecule has 5 rings (SSSR count). The lowest BCUT2D eigenvalue weighted by Gasteiger charge is -2.23. The van der Waals surface area contributed by atoms with Crippen molar-refractivity contribution in [3.63, 3.8) is 0 Å². The van der Waals surface area contributed by atoms with E-state index >= 15 is 0 Å². The van der Waals surface area contributed by atoms with Crippen molar-refractivity contribution in [2.75, 3.05) is 19.5 Å². The van der Waals surface area contributed by atoms with Gasteiger partial charge in [-0.2, -0.15) is 0 Å². The number of H-pyrrole nitrogens is 1. The summed E-state index contributed by atoms with van der Waals surface area (Å²) in [6, 6.07) is 17.8. The zero-order valence-electron chi connectivity index (χ0n) is 19.2. The van der Waals surface area contributed by atoms with Crippen LogP contribution in [-0.4, -0.2) is 47.6 Å². The zero-order valence-corrected chi connectivity index (χ0v) is 19.2. The molecule has 0 saturated heterocycles. The number of aromatic hydroxyl groups is 1. The maximum Gasteiger partial charge on any atom is 0.255 e. The van der Waals surface area contributed by atoms with Gasteiger partial charge < -0.3 is 24.9 Å². The van der Waals surface area contributed by atoms with E-state index in [0.29, 0.717) is 33.9 Å². The highest BCUT2D eigenvalue weighted by Crippen LogP contribution is 2.34. The van der Waals surface area contributed by atoms with Crippen molar-refractivity contribution in [2.45, 2.75) is 12.1 Å². The van der Waals surface area contributed by atoms with Crippen molar-refractivity contribution in [1.82, 2.24) is 9.97 Å². The summed E-state index contributed by atoms with van der Waals surface area (Å²) in [5.41, 5.74) is 3.95. The molecule has 1 aromatic heterocycles. The number of rotatable bonds is 6. The van der Waals surface area contributed by atoms with E-state index in [-0.39, 0.29) is 23.8 Å². The summed E-state index contributed by atoms with van der Waals surface area (Å²) in [4.78, 5) is 25.1. The molecule has 2 heterocycles.